The van der Waals surface area contributed by atoms with Crippen LogP contribution in [-0.4, -0.2) is 27.2 Å². The average Bonchev–Trinajstić information content (AvgIpc) is 2.32. The Labute approximate surface area is 98.4 Å². The van der Waals surface area contributed by atoms with Crippen molar-refractivity contribution in [3.63, 3.8) is 0 Å². The molecule has 3 heteroatoms. The molecule has 0 heterocycles. The highest BCUT2D eigenvalue weighted by atomic mass is 16.5. The van der Waals surface area contributed by atoms with E-state index in [1.165, 1.54) is 11.3 Å². The lowest BCUT2D eigenvalue weighted by Gasteiger charge is -2.23. The van der Waals surface area contributed by atoms with Gasteiger partial charge in [0.25, 0.3) is 0 Å². The third-order valence-corrected chi connectivity index (χ3v) is 2.73. The van der Waals surface area contributed by atoms with Crippen molar-refractivity contribution in [2.24, 2.45) is 0 Å². The average molecular weight is 222 g/mol. The Morgan fingerprint density at radius 2 is 1.94 bits per heavy atom. The molecule has 0 unspecified atom stereocenters. The maximum absolute atomic E-state index is 5.45. The first-order valence-electron chi connectivity index (χ1n) is 5.83. The second-order valence-corrected chi connectivity index (χ2v) is 3.71. The maximum Gasteiger partial charge on any atom is 0.142 e. The molecule has 0 spiro atoms. The third kappa shape index (κ3) is 2.89. The molecule has 0 radical (unpaired) electrons. The van der Waals surface area contributed by atoms with Crippen LogP contribution in [0.4, 0.5) is 5.69 Å². The molecular formula is C13H22N2O. The smallest absolute Gasteiger partial charge is 0.142 e. The second kappa shape index (κ2) is 6.38. The number of nitrogens with one attached hydrogen (secondary N) is 1. The highest BCUT2D eigenvalue weighted by Crippen LogP contribution is 2.29. The van der Waals surface area contributed by atoms with Gasteiger partial charge in [0.15, 0.2) is 0 Å². The van der Waals surface area contributed by atoms with Gasteiger partial charge in [-0.25, -0.2) is 0 Å². The maximum atomic E-state index is 5.45. The summed E-state index contributed by atoms with van der Waals surface area (Å²) in [5.41, 5.74) is 2.42. The van der Waals surface area contributed by atoms with Crippen molar-refractivity contribution in [2.75, 3.05) is 32.1 Å². The normalized spacial score (nSPS) is 10.2. The van der Waals surface area contributed by atoms with Crippen LogP contribution in [0.15, 0.2) is 18.2 Å². The van der Waals surface area contributed by atoms with Gasteiger partial charge in [-0.1, -0.05) is 6.07 Å². The van der Waals surface area contributed by atoms with Crippen LogP contribution in [0, 0.1) is 0 Å². The predicted octanol–water partition coefficient (Wildman–Crippen LogP) is 2.26. The van der Waals surface area contributed by atoms with Crippen molar-refractivity contribution in [3.8, 4) is 5.75 Å². The molecule has 16 heavy (non-hydrogen) atoms. The number of methoxy groups -OCH3 is 1. The molecule has 0 saturated heterocycles. The second-order valence-electron chi connectivity index (χ2n) is 3.71. The molecule has 0 amide bonds. The predicted molar refractivity (Wildman–Crippen MR) is 69.3 cm³/mol. The van der Waals surface area contributed by atoms with E-state index in [0.29, 0.717) is 0 Å². The van der Waals surface area contributed by atoms with Gasteiger partial charge in [-0.05, 0) is 38.6 Å². The fraction of sp³-hybridized carbons (Fsp3) is 0.538. The van der Waals surface area contributed by atoms with Gasteiger partial charge in [0.1, 0.15) is 5.75 Å². The Bertz CT molecular complexity index is 322. The van der Waals surface area contributed by atoms with Crippen molar-refractivity contribution in [3.05, 3.63) is 23.8 Å². The molecule has 0 aliphatic carbocycles. The summed E-state index contributed by atoms with van der Waals surface area (Å²) in [5, 5.41) is 3.14. The van der Waals surface area contributed by atoms with Crippen molar-refractivity contribution in [2.45, 2.75) is 20.4 Å². The summed E-state index contributed by atoms with van der Waals surface area (Å²) in [6, 6.07) is 6.38. The van der Waals surface area contributed by atoms with E-state index in [-0.39, 0.29) is 0 Å². The number of nitrogens with zero attached hydrogens (tertiary/aromatic N) is 1. The van der Waals surface area contributed by atoms with E-state index in [9.17, 15) is 0 Å². The minimum Gasteiger partial charge on any atom is -0.495 e. The monoisotopic (exact) mass is 222 g/mol. The number of anilines is 1. The molecule has 90 valence electrons. The first kappa shape index (κ1) is 12.8. The Morgan fingerprint density at radius 1 is 1.25 bits per heavy atom. The minimum absolute atomic E-state index is 0.870. The van der Waals surface area contributed by atoms with Gasteiger partial charge in [0, 0.05) is 19.6 Å². The summed E-state index contributed by atoms with van der Waals surface area (Å²) >= 11 is 0. The number of hydrogen-bond acceptors (Lipinski definition) is 3. The summed E-state index contributed by atoms with van der Waals surface area (Å²) in [6.07, 6.45) is 0. The van der Waals surface area contributed by atoms with Gasteiger partial charge in [0.05, 0.1) is 12.8 Å². The highest BCUT2D eigenvalue weighted by molar-refractivity contribution is 5.59. The van der Waals surface area contributed by atoms with Crippen LogP contribution in [0.25, 0.3) is 0 Å². The van der Waals surface area contributed by atoms with E-state index in [4.69, 9.17) is 4.74 Å². The zero-order valence-electron chi connectivity index (χ0n) is 10.7. The van der Waals surface area contributed by atoms with Crippen molar-refractivity contribution in [1.82, 2.24) is 5.32 Å². The van der Waals surface area contributed by atoms with Gasteiger partial charge < -0.3 is 15.0 Å². The molecular weight excluding hydrogens is 200 g/mol. The fourth-order valence-electron chi connectivity index (χ4n) is 1.86. The van der Waals surface area contributed by atoms with E-state index in [0.717, 1.165) is 25.4 Å². The summed E-state index contributed by atoms with van der Waals surface area (Å²) in [4.78, 5) is 2.29. The van der Waals surface area contributed by atoms with Gasteiger partial charge in [-0.3, -0.25) is 0 Å². The van der Waals surface area contributed by atoms with Crippen molar-refractivity contribution >= 4 is 5.69 Å². The lowest BCUT2D eigenvalue weighted by molar-refractivity contribution is 0.414. The summed E-state index contributed by atoms with van der Waals surface area (Å²) in [6.45, 7) is 7.18. The topological polar surface area (TPSA) is 24.5 Å². The minimum atomic E-state index is 0.870. The first-order chi connectivity index (χ1) is 7.76. The lowest BCUT2D eigenvalue weighted by Crippen LogP contribution is -2.22. The Balaban J connectivity index is 3.00. The molecule has 1 rings (SSSR count). The summed E-state index contributed by atoms with van der Waals surface area (Å²) in [5.74, 6) is 0.955. The Hall–Kier alpha value is -1.22. The van der Waals surface area contributed by atoms with Crippen LogP contribution in [-0.2, 0) is 6.54 Å². The van der Waals surface area contributed by atoms with Gasteiger partial charge in [0.2, 0.25) is 0 Å². The Kier molecular flexibility index (Phi) is 5.12. The van der Waals surface area contributed by atoms with E-state index >= 15 is 0 Å². The number of ether oxygens (including phenoxy) is 1. The molecule has 1 aromatic rings. The van der Waals surface area contributed by atoms with Crippen molar-refractivity contribution < 1.29 is 4.74 Å². The molecule has 0 aromatic heterocycles. The molecule has 1 aromatic carbocycles. The van der Waals surface area contributed by atoms with E-state index < -0.39 is 0 Å². The molecule has 3 nitrogen and oxygen atoms in total. The quantitative estimate of drug-likeness (QED) is 0.799. The van der Waals surface area contributed by atoms with Gasteiger partial charge in [-0.15, -0.1) is 0 Å². The highest BCUT2D eigenvalue weighted by Gasteiger charge is 2.09. The van der Waals surface area contributed by atoms with Crippen molar-refractivity contribution in [1.29, 1.82) is 0 Å². The van der Waals surface area contributed by atoms with E-state index in [2.05, 4.69) is 42.3 Å². The summed E-state index contributed by atoms with van der Waals surface area (Å²) in [7, 11) is 3.68. The zero-order valence-corrected chi connectivity index (χ0v) is 10.7. The number of rotatable bonds is 6. The first-order valence-corrected chi connectivity index (χ1v) is 5.83. The molecule has 0 bridgehead atoms. The fourth-order valence-corrected chi connectivity index (χ4v) is 1.86. The molecule has 0 aliphatic rings. The molecule has 0 fully saturated rings. The SMILES string of the molecule is CCN(CC)c1ccc(CNC)cc1OC. The van der Waals surface area contributed by atoms with Crippen LogP contribution < -0.4 is 15.0 Å². The van der Waals surface area contributed by atoms with E-state index in [1.807, 2.05) is 7.05 Å². The van der Waals surface area contributed by atoms with Gasteiger partial charge >= 0.3 is 0 Å². The van der Waals surface area contributed by atoms with Gasteiger partial charge in [-0.2, -0.15) is 0 Å². The largest absolute Gasteiger partial charge is 0.495 e. The number of benzene rings is 1. The standard InChI is InChI=1S/C13H22N2O/c1-5-15(6-2)12-8-7-11(10-14-3)9-13(12)16-4/h7-9,14H,5-6,10H2,1-4H3. The number of hydrogen-bond donors (Lipinski definition) is 1. The zero-order chi connectivity index (χ0) is 12.0. The van der Waals surface area contributed by atoms with Crippen LogP contribution in [0.5, 0.6) is 5.75 Å². The van der Waals surface area contributed by atoms with Crippen LogP contribution >= 0.6 is 0 Å². The molecule has 0 atom stereocenters. The molecule has 1 N–H and O–H groups in total. The van der Waals surface area contributed by atoms with Crippen LogP contribution in [0.2, 0.25) is 0 Å². The lowest BCUT2D eigenvalue weighted by atomic mass is 10.1. The van der Waals surface area contributed by atoms with E-state index in [1.54, 1.807) is 7.11 Å². The Morgan fingerprint density at radius 3 is 2.44 bits per heavy atom. The molecule has 0 saturated carbocycles. The van der Waals surface area contributed by atoms with Crippen LogP contribution in [0.1, 0.15) is 19.4 Å². The van der Waals surface area contributed by atoms with Crippen LogP contribution in [0.3, 0.4) is 0 Å². The summed E-state index contributed by atoms with van der Waals surface area (Å²) < 4.78 is 5.45. The third-order valence-electron chi connectivity index (χ3n) is 2.73. The molecule has 0 aliphatic heterocycles.